The van der Waals surface area contributed by atoms with Crippen LogP contribution in [0.3, 0.4) is 0 Å². The fraction of sp³-hybridized carbons (Fsp3) is 0.333. The summed E-state index contributed by atoms with van der Waals surface area (Å²) in [4.78, 5) is 24.0. The van der Waals surface area contributed by atoms with Crippen LogP contribution in [-0.4, -0.2) is 24.1 Å². The number of aliphatic carboxylic acids is 1. The topological polar surface area (TPSA) is 75.6 Å². The van der Waals surface area contributed by atoms with Gasteiger partial charge in [0.25, 0.3) is 0 Å². The van der Waals surface area contributed by atoms with E-state index in [0.29, 0.717) is 11.3 Å². The number of carbonyl (C=O) groups is 2. The van der Waals surface area contributed by atoms with Crippen LogP contribution in [0.5, 0.6) is 5.75 Å². The van der Waals surface area contributed by atoms with Crippen LogP contribution in [0.2, 0.25) is 0 Å². The molecule has 0 fully saturated rings. The summed E-state index contributed by atoms with van der Waals surface area (Å²) >= 11 is 0. The minimum atomic E-state index is -1.03. The maximum Gasteiger partial charge on any atom is 0.306 e. The average Bonchev–Trinajstić information content (AvgIpc) is 2.61. The first-order valence-corrected chi connectivity index (χ1v) is 8.61. The van der Waals surface area contributed by atoms with Gasteiger partial charge in [0.2, 0.25) is 5.91 Å². The van der Waals surface area contributed by atoms with E-state index in [1.165, 1.54) is 0 Å². The van der Waals surface area contributed by atoms with Crippen molar-refractivity contribution in [3.8, 4) is 5.75 Å². The average molecular weight is 355 g/mol. The highest BCUT2D eigenvalue weighted by Crippen LogP contribution is 2.28. The summed E-state index contributed by atoms with van der Waals surface area (Å²) in [5.41, 5.74) is 1.73. The molecule has 0 aliphatic rings. The zero-order valence-corrected chi connectivity index (χ0v) is 15.4. The van der Waals surface area contributed by atoms with Gasteiger partial charge in [-0.1, -0.05) is 43.3 Å². The highest BCUT2D eigenvalue weighted by atomic mass is 16.5. The number of carbonyl (C=O) groups excluding carboxylic acids is 1. The molecule has 0 radical (unpaired) electrons. The molecule has 0 saturated heterocycles. The van der Waals surface area contributed by atoms with Crippen LogP contribution in [0.4, 0.5) is 0 Å². The molecule has 1 atom stereocenters. The van der Waals surface area contributed by atoms with E-state index < -0.39 is 11.5 Å². The van der Waals surface area contributed by atoms with E-state index >= 15 is 0 Å². The van der Waals surface area contributed by atoms with Crippen LogP contribution < -0.4 is 10.1 Å². The summed E-state index contributed by atoms with van der Waals surface area (Å²) in [6, 6.07) is 15.0. The number of hydrogen-bond donors (Lipinski definition) is 2. The molecule has 2 aromatic rings. The number of methoxy groups -OCH3 is 1. The number of ether oxygens (including phenoxy) is 1. The molecular weight excluding hydrogens is 330 g/mol. The number of carboxylic acids is 1. The van der Waals surface area contributed by atoms with Crippen LogP contribution in [0, 0.1) is 0 Å². The van der Waals surface area contributed by atoms with Crippen molar-refractivity contribution in [1.82, 2.24) is 5.32 Å². The lowest BCUT2D eigenvalue weighted by Crippen LogP contribution is -2.45. The van der Waals surface area contributed by atoms with Gasteiger partial charge in [-0.25, -0.2) is 0 Å². The fourth-order valence-corrected chi connectivity index (χ4v) is 2.98. The molecule has 2 rings (SSSR count). The lowest BCUT2D eigenvalue weighted by Gasteiger charge is -2.30. The zero-order chi connectivity index (χ0) is 19.2. The number of aryl methyl sites for hydroxylation is 1. The van der Waals surface area contributed by atoms with Gasteiger partial charge in [0.1, 0.15) is 5.75 Å². The first kappa shape index (κ1) is 19.5. The van der Waals surface area contributed by atoms with Gasteiger partial charge in [-0.05, 0) is 42.2 Å². The molecule has 0 aliphatic carbocycles. The van der Waals surface area contributed by atoms with Crippen molar-refractivity contribution in [2.75, 3.05) is 7.11 Å². The summed E-state index contributed by atoms with van der Waals surface area (Å²) in [7, 11) is 1.55. The Balaban J connectivity index is 2.23. The largest absolute Gasteiger partial charge is 0.497 e. The third-order valence-electron chi connectivity index (χ3n) is 4.39. The molecule has 2 aromatic carbocycles. The third kappa shape index (κ3) is 5.09. The highest BCUT2D eigenvalue weighted by molar-refractivity contribution is 5.81. The van der Waals surface area contributed by atoms with E-state index in [-0.39, 0.29) is 18.7 Å². The van der Waals surface area contributed by atoms with Crippen LogP contribution in [-0.2, 0) is 28.0 Å². The number of carboxylic acid groups (broad SMARTS) is 1. The summed E-state index contributed by atoms with van der Waals surface area (Å²) in [5, 5.41) is 12.2. The fourth-order valence-electron chi connectivity index (χ4n) is 2.98. The Morgan fingerprint density at radius 3 is 2.46 bits per heavy atom. The molecule has 26 heavy (non-hydrogen) atoms. The van der Waals surface area contributed by atoms with E-state index in [9.17, 15) is 14.7 Å². The monoisotopic (exact) mass is 355 g/mol. The minimum absolute atomic E-state index is 0.201. The standard InChI is InChI=1S/C21H25NO4/c1-4-15-7-5-8-16(11-15)12-19(23)22-21(2,14-20(24)25)17-9-6-10-18(13-17)26-3/h5-11,13H,4,12,14H2,1-3H3,(H,22,23)(H,24,25). The molecule has 0 bridgehead atoms. The highest BCUT2D eigenvalue weighted by Gasteiger charge is 2.31. The molecule has 138 valence electrons. The van der Waals surface area contributed by atoms with Gasteiger partial charge in [0.15, 0.2) is 0 Å². The molecule has 1 unspecified atom stereocenters. The van der Waals surface area contributed by atoms with E-state index in [4.69, 9.17) is 4.74 Å². The lowest BCUT2D eigenvalue weighted by atomic mass is 9.88. The van der Waals surface area contributed by atoms with Crippen molar-refractivity contribution in [3.63, 3.8) is 0 Å². The number of nitrogens with one attached hydrogen (secondary N) is 1. The van der Waals surface area contributed by atoms with Crippen molar-refractivity contribution < 1.29 is 19.4 Å². The molecular formula is C21H25NO4. The molecule has 1 amide bonds. The van der Waals surface area contributed by atoms with Crippen LogP contribution in [0.25, 0.3) is 0 Å². The quantitative estimate of drug-likeness (QED) is 0.762. The molecule has 5 heteroatoms. The van der Waals surface area contributed by atoms with E-state index in [1.54, 1.807) is 38.3 Å². The van der Waals surface area contributed by atoms with Crippen molar-refractivity contribution in [1.29, 1.82) is 0 Å². The Labute approximate surface area is 154 Å². The Morgan fingerprint density at radius 2 is 1.81 bits per heavy atom. The molecule has 2 N–H and O–H groups in total. The van der Waals surface area contributed by atoms with E-state index in [0.717, 1.165) is 17.5 Å². The normalized spacial score (nSPS) is 12.9. The summed E-state index contributed by atoms with van der Waals surface area (Å²) in [6.07, 6.45) is 0.879. The van der Waals surface area contributed by atoms with Gasteiger partial charge in [0.05, 0.1) is 25.5 Å². The zero-order valence-electron chi connectivity index (χ0n) is 15.4. The molecule has 0 saturated carbocycles. The molecule has 0 aromatic heterocycles. The maximum absolute atomic E-state index is 12.6. The van der Waals surface area contributed by atoms with Gasteiger partial charge in [-0.15, -0.1) is 0 Å². The second kappa shape index (κ2) is 8.52. The Bertz CT molecular complexity index is 787. The number of amides is 1. The SMILES string of the molecule is CCc1cccc(CC(=O)NC(C)(CC(=O)O)c2cccc(OC)c2)c1. The van der Waals surface area contributed by atoms with Crippen molar-refractivity contribution >= 4 is 11.9 Å². The summed E-state index contributed by atoms with van der Waals surface area (Å²) in [6.45, 7) is 3.78. The van der Waals surface area contributed by atoms with Crippen LogP contribution in [0.1, 0.15) is 37.0 Å². The predicted octanol–water partition coefficient (Wildman–Crippen LogP) is 3.31. The van der Waals surface area contributed by atoms with Gasteiger partial charge < -0.3 is 15.2 Å². The van der Waals surface area contributed by atoms with Crippen molar-refractivity contribution in [2.45, 2.75) is 38.6 Å². The second-order valence-electron chi connectivity index (χ2n) is 6.53. The number of benzene rings is 2. The summed E-state index contributed by atoms with van der Waals surface area (Å²) < 4.78 is 5.22. The third-order valence-corrected chi connectivity index (χ3v) is 4.39. The Hall–Kier alpha value is -2.82. The molecule has 0 spiro atoms. The molecule has 0 aliphatic heterocycles. The number of rotatable bonds is 8. The van der Waals surface area contributed by atoms with Gasteiger partial charge in [0, 0.05) is 0 Å². The smallest absolute Gasteiger partial charge is 0.306 e. The van der Waals surface area contributed by atoms with Crippen molar-refractivity contribution in [2.24, 2.45) is 0 Å². The second-order valence-corrected chi connectivity index (χ2v) is 6.53. The van der Waals surface area contributed by atoms with Crippen LogP contribution in [0.15, 0.2) is 48.5 Å². The first-order valence-electron chi connectivity index (χ1n) is 8.61. The first-order chi connectivity index (χ1) is 12.4. The molecule has 5 nitrogen and oxygen atoms in total. The Kier molecular flexibility index (Phi) is 6.39. The molecule has 0 heterocycles. The van der Waals surface area contributed by atoms with E-state index in [1.807, 2.05) is 24.3 Å². The lowest BCUT2D eigenvalue weighted by molar-refractivity contribution is -0.139. The van der Waals surface area contributed by atoms with Gasteiger partial charge in [-0.2, -0.15) is 0 Å². The van der Waals surface area contributed by atoms with E-state index in [2.05, 4.69) is 12.2 Å². The van der Waals surface area contributed by atoms with Crippen molar-refractivity contribution in [3.05, 3.63) is 65.2 Å². The van der Waals surface area contributed by atoms with Gasteiger partial charge >= 0.3 is 5.97 Å². The maximum atomic E-state index is 12.6. The van der Waals surface area contributed by atoms with Gasteiger partial charge in [-0.3, -0.25) is 9.59 Å². The number of hydrogen-bond acceptors (Lipinski definition) is 3. The predicted molar refractivity (Wildman–Crippen MR) is 100 cm³/mol. The minimum Gasteiger partial charge on any atom is -0.497 e. The van der Waals surface area contributed by atoms with Crippen LogP contribution >= 0.6 is 0 Å². The Morgan fingerprint density at radius 1 is 1.12 bits per heavy atom. The summed E-state index contributed by atoms with van der Waals surface area (Å²) in [5.74, 6) is -0.586.